The van der Waals surface area contributed by atoms with Gasteiger partial charge in [0.25, 0.3) is 0 Å². The Morgan fingerprint density at radius 3 is 2.69 bits per heavy atom. The fourth-order valence-corrected chi connectivity index (χ4v) is 6.88. The van der Waals surface area contributed by atoms with E-state index in [0.717, 1.165) is 46.7 Å². The number of halogens is 1. The van der Waals surface area contributed by atoms with Crippen molar-refractivity contribution in [3.63, 3.8) is 0 Å². The largest absolute Gasteiger partial charge is 0.494 e. The maximum absolute atomic E-state index is 12.9. The lowest BCUT2D eigenvalue weighted by Gasteiger charge is -2.63. The van der Waals surface area contributed by atoms with E-state index >= 15 is 0 Å². The quantitative estimate of drug-likeness (QED) is 0.540. The van der Waals surface area contributed by atoms with E-state index in [1.165, 1.54) is 0 Å². The van der Waals surface area contributed by atoms with Crippen LogP contribution in [0.15, 0.2) is 22.8 Å². The molecule has 0 aliphatic heterocycles. The Labute approximate surface area is 181 Å². The molecule has 2 aliphatic rings. The minimum atomic E-state index is -0.412. The van der Waals surface area contributed by atoms with Gasteiger partial charge in [0.05, 0.1) is 5.39 Å². The van der Waals surface area contributed by atoms with E-state index in [2.05, 4.69) is 55.5 Å². The van der Waals surface area contributed by atoms with Gasteiger partial charge >= 0.3 is 0 Å². The van der Waals surface area contributed by atoms with Crippen molar-refractivity contribution in [2.24, 2.45) is 22.7 Å². The molecular weight excluding hydrogens is 430 g/mol. The van der Waals surface area contributed by atoms with Gasteiger partial charge in [0, 0.05) is 39.2 Å². The lowest BCUT2D eigenvalue weighted by atomic mass is 9.45. The summed E-state index contributed by atoms with van der Waals surface area (Å²) < 4.78 is 7.92. The smallest absolute Gasteiger partial charge is 0.197 e. The van der Waals surface area contributed by atoms with Crippen LogP contribution in [0.4, 0.5) is 0 Å². The summed E-state index contributed by atoms with van der Waals surface area (Å²) in [5.74, 6) is 1.96. The molecule has 1 aromatic carbocycles. The Kier molecular flexibility index (Phi) is 4.84. The summed E-state index contributed by atoms with van der Waals surface area (Å²) in [5.41, 5.74) is -0.848. The molecule has 4 atom stereocenters. The summed E-state index contributed by atoms with van der Waals surface area (Å²) in [6.07, 6.45) is 6.26. The zero-order valence-corrected chi connectivity index (χ0v) is 19.6. The molecule has 4 rings (SSSR count). The van der Waals surface area contributed by atoms with Crippen LogP contribution in [0.2, 0.25) is 0 Å². The number of rotatable bonds is 3. The van der Waals surface area contributed by atoms with E-state index in [9.17, 15) is 9.90 Å². The normalized spacial score (nSPS) is 34.2. The van der Waals surface area contributed by atoms with E-state index in [1.807, 2.05) is 18.3 Å². The number of carbonyl (C=O) groups is 1. The number of aromatic amines is 1. The first-order valence-corrected chi connectivity index (χ1v) is 11.6. The number of hydrogen-bond acceptors (Lipinski definition) is 3. The third-order valence-corrected chi connectivity index (χ3v) is 9.25. The van der Waals surface area contributed by atoms with Crippen molar-refractivity contribution in [3.05, 3.63) is 22.8 Å². The molecule has 29 heavy (non-hydrogen) atoms. The number of Topliss-reactive ketones (excluding diaryl/α,β-unsaturated/α-hetero) is 1. The zero-order chi connectivity index (χ0) is 21.2. The Balaban J connectivity index is 1.91. The monoisotopic (exact) mass is 461 g/mol. The van der Waals surface area contributed by atoms with Crippen molar-refractivity contribution in [1.29, 1.82) is 0 Å². The molecule has 2 fully saturated rings. The zero-order valence-electron chi connectivity index (χ0n) is 18.1. The summed E-state index contributed by atoms with van der Waals surface area (Å²) in [6.45, 7) is 11.2. The molecule has 1 heterocycles. The Hall–Kier alpha value is -1.49. The maximum atomic E-state index is 12.9. The first-order chi connectivity index (χ1) is 13.6. The van der Waals surface area contributed by atoms with E-state index < -0.39 is 11.0 Å². The number of aromatic nitrogens is 1. The molecule has 1 aromatic heterocycles. The number of carbonyl (C=O) groups excluding carboxylic acids is 1. The lowest BCUT2D eigenvalue weighted by Crippen LogP contribution is -2.67. The van der Waals surface area contributed by atoms with Gasteiger partial charge in [-0.2, -0.15) is 0 Å². The number of aromatic hydroxyl groups is 1. The first-order valence-electron chi connectivity index (χ1n) is 10.8. The highest BCUT2D eigenvalue weighted by Gasteiger charge is 2.65. The van der Waals surface area contributed by atoms with Crippen molar-refractivity contribution in [3.8, 4) is 11.6 Å². The van der Waals surface area contributed by atoms with Crippen molar-refractivity contribution < 1.29 is 14.6 Å². The average Bonchev–Trinajstić information content (AvgIpc) is 3.07. The molecule has 2 saturated carbocycles. The standard InChI is InChI=1S/C24H32BrNO3/c1-6-23(5)14(2)7-10-18-22(3,4)19(27)11-12-24(18,23)29-17-9-8-16(25)20-15(17)13-26-21(20)28/h8-9,13-14,18,26,28H,6-7,10-12H2,1-5H3. The SMILES string of the molecule is CCC1(C)C(C)CCC2C(C)(C)C(=O)CCC21Oc1ccc(Br)c2c(O)[nH]cc12. The number of H-pyrrole nitrogens is 1. The Bertz CT molecular complexity index is 964. The van der Waals surface area contributed by atoms with Crippen LogP contribution in [0.25, 0.3) is 10.8 Å². The average molecular weight is 462 g/mol. The molecule has 0 spiro atoms. The second-order valence-electron chi connectivity index (χ2n) is 9.91. The second kappa shape index (κ2) is 6.76. The highest BCUT2D eigenvalue weighted by molar-refractivity contribution is 9.10. The third kappa shape index (κ3) is 2.72. The van der Waals surface area contributed by atoms with Crippen molar-refractivity contribution in [1.82, 2.24) is 4.98 Å². The first kappa shape index (κ1) is 20.8. The second-order valence-corrected chi connectivity index (χ2v) is 10.8. The number of ketones is 1. The van der Waals surface area contributed by atoms with Crippen LogP contribution in [-0.2, 0) is 4.79 Å². The fourth-order valence-electron chi connectivity index (χ4n) is 6.34. The highest BCUT2D eigenvalue weighted by atomic mass is 79.9. The minimum absolute atomic E-state index is 0.0361. The van der Waals surface area contributed by atoms with E-state index in [0.29, 0.717) is 18.1 Å². The molecule has 5 heteroatoms. The fraction of sp³-hybridized carbons (Fsp3) is 0.625. The number of nitrogens with one attached hydrogen (secondary N) is 1. The topological polar surface area (TPSA) is 62.3 Å². The van der Waals surface area contributed by atoms with Gasteiger partial charge in [0.15, 0.2) is 5.88 Å². The van der Waals surface area contributed by atoms with Crippen LogP contribution in [0.3, 0.4) is 0 Å². The molecule has 0 saturated heterocycles. The molecule has 0 bridgehead atoms. The van der Waals surface area contributed by atoms with Gasteiger partial charge in [-0.15, -0.1) is 0 Å². The van der Waals surface area contributed by atoms with Crippen LogP contribution >= 0.6 is 15.9 Å². The summed E-state index contributed by atoms with van der Waals surface area (Å²) in [4.78, 5) is 15.8. The maximum Gasteiger partial charge on any atom is 0.197 e. The number of hydrogen-bond donors (Lipinski definition) is 2. The van der Waals surface area contributed by atoms with Crippen molar-refractivity contribution >= 4 is 32.5 Å². The minimum Gasteiger partial charge on any atom is -0.494 e. The number of benzene rings is 1. The molecule has 4 nitrogen and oxygen atoms in total. The molecule has 0 amide bonds. The van der Waals surface area contributed by atoms with Crippen molar-refractivity contribution in [2.45, 2.75) is 72.3 Å². The summed E-state index contributed by atoms with van der Waals surface area (Å²) in [6, 6.07) is 3.93. The Morgan fingerprint density at radius 2 is 2.00 bits per heavy atom. The van der Waals surface area contributed by atoms with Crippen molar-refractivity contribution in [2.75, 3.05) is 0 Å². The van der Waals surface area contributed by atoms with Crippen LogP contribution in [0.1, 0.15) is 66.7 Å². The summed E-state index contributed by atoms with van der Waals surface area (Å²) in [5, 5.41) is 11.9. The number of ether oxygens (including phenoxy) is 1. The third-order valence-electron chi connectivity index (χ3n) is 8.59. The van der Waals surface area contributed by atoms with Crippen LogP contribution in [0.5, 0.6) is 11.6 Å². The van der Waals surface area contributed by atoms with Gasteiger partial charge in [-0.3, -0.25) is 4.79 Å². The Morgan fingerprint density at radius 1 is 1.28 bits per heavy atom. The van der Waals surface area contributed by atoms with Gasteiger partial charge in [0.2, 0.25) is 0 Å². The van der Waals surface area contributed by atoms with Crippen LogP contribution < -0.4 is 4.74 Å². The molecule has 0 radical (unpaired) electrons. The predicted molar refractivity (Wildman–Crippen MR) is 119 cm³/mol. The van der Waals surface area contributed by atoms with Gasteiger partial charge in [-0.05, 0) is 59.7 Å². The van der Waals surface area contributed by atoms with Gasteiger partial charge in [-0.1, -0.05) is 34.6 Å². The summed E-state index contributed by atoms with van der Waals surface area (Å²) >= 11 is 3.54. The molecule has 2 N–H and O–H groups in total. The van der Waals surface area contributed by atoms with E-state index in [1.54, 1.807) is 0 Å². The molecule has 2 aromatic rings. The summed E-state index contributed by atoms with van der Waals surface area (Å²) in [7, 11) is 0. The molecule has 2 aliphatic carbocycles. The van der Waals surface area contributed by atoms with Crippen LogP contribution in [-0.4, -0.2) is 21.5 Å². The van der Waals surface area contributed by atoms with Gasteiger partial charge < -0.3 is 14.8 Å². The molecular formula is C24H32BrNO3. The van der Waals surface area contributed by atoms with Gasteiger partial charge in [-0.25, -0.2) is 0 Å². The highest BCUT2D eigenvalue weighted by Crippen LogP contribution is 2.63. The molecule has 158 valence electrons. The van der Waals surface area contributed by atoms with Gasteiger partial charge in [0.1, 0.15) is 17.1 Å². The predicted octanol–water partition coefficient (Wildman–Crippen LogP) is 6.61. The van der Waals surface area contributed by atoms with E-state index in [4.69, 9.17) is 4.74 Å². The van der Waals surface area contributed by atoms with Crippen LogP contribution in [0, 0.1) is 22.7 Å². The lowest BCUT2D eigenvalue weighted by molar-refractivity contribution is -0.202. The molecule has 4 unspecified atom stereocenters. The van der Waals surface area contributed by atoms with E-state index in [-0.39, 0.29) is 17.2 Å². The number of fused-ring (bicyclic) bond motifs is 2.